The van der Waals surface area contributed by atoms with Gasteiger partial charge in [0.25, 0.3) is 0 Å². The molecule has 0 saturated carbocycles. The van der Waals surface area contributed by atoms with Crippen molar-refractivity contribution in [3.8, 4) is 5.75 Å². The average Bonchev–Trinajstić information content (AvgIpc) is 2.52. The highest BCUT2D eigenvalue weighted by Gasteiger charge is 2.06. The minimum atomic E-state index is -0.270. The second-order valence-corrected chi connectivity index (χ2v) is 5.84. The van der Waals surface area contributed by atoms with Crippen molar-refractivity contribution in [2.45, 2.75) is 13.8 Å². The maximum atomic E-state index is 12.8. The second kappa shape index (κ2) is 7.92. The molecule has 3 nitrogen and oxygen atoms in total. The standard InChI is InChI=1S/C18H21FN2OS/c1-13-4-7-16(12-14(13)2)20-18(23)21(3)10-11-22-17-8-5-15(19)6-9-17/h4-9,12H,10-11H2,1-3H3,(H,20,23). The van der Waals surface area contributed by atoms with Crippen molar-refractivity contribution in [2.75, 3.05) is 25.5 Å². The van der Waals surface area contributed by atoms with E-state index in [-0.39, 0.29) is 5.82 Å². The van der Waals surface area contributed by atoms with E-state index >= 15 is 0 Å². The summed E-state index contributed by atoms with van der Waals surface area (Å²) in [6.07, 6.45) is 0. The third kappa shape index (κ3) is 5.21. The smallest absolute Gasteiger partial charge is 0.173 e. The highest BCUT2D eigenvalue weighted by Crippen LogP contribution is 2.15. The summed E-state index contributed by atoms with van der Waals surface area (Å²) in [4.78, 5) is 1.91. The van der Waals surface area contributed by atoms with E-state index in [2.05, 4.69) is 31.3 Å². The van der Waals surface area contributed by atoms with E-state index in [0.29, 0.717) is 24.0 Å². The number of rotatable bonds is 5. The maximum Gasteiger partial charge on any atom is 0.173 e. The number of halogens is 1. The zero-order valence-corrected chi connectivity index (χ0v) is 14.4. The molecule has 2 aromatic carbocycles. The number of nitrogens with zero attached hydrogens (tertiary/aromatic N) is 1. The van der Waals surface area contributed by atoms with Crippen LogP contribution < -0.4 is 10.1 Å². The molecule has 1 N–H and O–H groups in total. The van der Waals surface area contributed by atoms with Crippen molar-refractivity contribution in [3.05, 3.63) is 59.4 Å². The van der Waals surface area contributed by atoms with Gasteiger partial charge in [-0.15, -0.1) is 0 Å². The van der Waals surface area contributed by atoms with E-state index in [4.69, 9.17) is 17.0 Å². The lowest BCUT2D eigenvalue weighted by atomic mass is 10.1. The van der Waals surface area contributed by atoms with E-state index < -0.39 is 0 Å². The topological polar surface area (TPSA) is 24.5 Å². The Kier molecular flexibility index (Phi) is 5.93. The lowest BCUT2D eigenvalue weighted by Gasteiger charge is -2.21. The van der Waals surface area contributed by atoms with Gasteiger partial charge in [-0.1, -0.05) is 6.07 Å². The molecule has 0 bridgehead atoms. The first-order valence-corrected chi connectivity index (χ1v) is 7.84. The summed E-state index contributed by atoms with van der Waals surface area (Å²) in [6, 6.07) is 12.1. The van der Waals surface area contributed by atoms with Crippen LogP contribution in [0.15, 0.2) is 42.5 Å². The summed E-state index contributed by atoms with van der Waals surface area (Å²) < 4.78 is 18.4. The third-order valence-corrected chi connectivity index (χ3v) is 4.03. The lowest BCUT2D eigenvalue weighted by Crippen LogP contribution is -2.34. The molecular weight excluding hydrogens is 311 g/mol. The molecule has 0 aliphatic heterocycles. The predicted octanol–water partition coefficient (Wildman–Crippen LogP) is 4.15. The molecule has 0 aliphatic carbocycles. The van der Waals surface area contributed by atoms with Crippen LogP contribution in [0.4, 0.5) is 10.1 Å². The van der Waals surface area contributed by atoms with Gasteiger partial charge in [0.15, 0.2) is 5.11 Å². The number of nitrogens with one attached hydrogen (secondary N) is 1. The Labute approximate surface area is 142 Å². The Morgan fingerprint density at radius 2 is 1.83 bits per heavy atom. The van der Waals surface area contributed by atoms with Crippen LogP contribution in [0, 0.1) is 19.7 Å². The highest BCUT2D eigenvalue weighted by atomic mass is 32.1. The quantitative estimate of drug-likeness (QED) is 0.831. The molecule has 0 heterocycles. The molecule has 5 heteroatoms. The van der Waals surface area contributed by atoms with E-state index in [9.17, 15) is 4.39 Å². The van der Waals surface area contributed by atoms with Crippen molar-refractivity contribution < 1.29 is 9.13 Å². The fraction of sp³-hybridized carbons (Fsp3) is 0.278. The van der Waals surface area contributed by atoms with Crippen molar-refractivity contribution in [2.24, 2.45) is 0 Å². The van der Waals surface area contributed by atoms with Crippen LogP contribution in [-0.2, 0) is 0 Å². The number of ether oxygens (including phenoxy) is 1. The molecule has 2 aromatic rings. The Hall–Kier alpha value is -2.14. The number of benzene rings is 2. The van der Waals surface area contributed by atoms with Gasteiger partial charge >= 0.3 is 0 Å². The van der Waals surface area contributed by atoms with E-state index in [1.807, 2.05) is 18.0 Å². The Bertz CT molecular complexity index is 673. The van der Waals surface area contributed by atoms with Gasteiger partial charge in [-0.2, -0.15) is 0 Å². The molecule has 0 amide bonds. The van der Waals surface area contributed by atoms with Gasteiger partial charge in [-0.25, -0.2) is 4.39 Å². The van der Waals surface area contributed by atoms with Crippen LogP contribution in [0.1, 0.15) is 11.1 Å². The Balaban J connectivity index is 1.80. The predicted molar refractivity (Wildman–Crippen MR) is 96.7 cm³/mol. The largest absolute Gasteiger partial charge is 0.492 e. The molecule has 0 spiro atoms. The third-order valence-electron chi connectivity index (χ3n) is 3.61. The van der Waals surface area contributed by atoms with Gasteiger partial charge in [-0.05, 0) is 73.6 Å². The van der Waals surface area contributed by atoms with Gasteiger partial charge in [0.05, 0.1) is 6.54 Å². The van der Waals surface area contributed by atoms with Crippen LogP contribution in [-0.4, -0.2) is 30.2 Å². The fourth-order valence-corrected chi connectivity index (χ4v) is 2.18. The Morgan fingerprint density at radius 3 is 2.48 bits per heavy atom. The van der Waals surface area contributed by atoms with Gasteiger partial charge in [0.2, 0.25) is 0 Å². The van der Waals surface area contributed by atoms with Crippen LogP contribution in [0.2, 0.25) is 0 Å². The minimum Gasteiger partial charge on any atom is -0.492 e. The molecule has 0 aliphatic rings. The highest BCUT2D eigenvalue weighted by molar-refractivity contribution is 7.80. The molecule has 122 valence electrons. The summed E-state index contributed by atoms with van der Waals surface area (Å²) in [5.74, 6) is 0.376. The number of aryl methyl sites for hydroxylation is 2. The average molecular weight is 332 g/mol. The van der Waals surface area contributed by atoms with Gasteiger partial charge in [-0.3, -0.25) is 0 Å². The Morgan fingerprint density at radius 1 is 1.13 bits per heavy atom. The van der Waals surface area contributed by atoms with E-state index in [0.717, 1.165) is 5.69 Å². The SMILES string of the molecule is Cc1ccc(NC(=S)N(C)CCOc2ccc(F)cc2)cc1C. The number of hydrogen-bond acceptors (Lipinski definition) is 2. The molecule has 0 aromatic heterocycles. The molecule has 2 rings (SSSR count). The summed E-state index contributed by atoms with van der Waals surface area (Å²) in [7, 11) is 1.91. The first-order valence-electron chi connectivity index (χ1n) is 7.43. The van der Waals surface area contributed by atoms with Crippen molar-refractivity contribution in [1.82, 2.24) is 4.90 Å². The summed E-state index contributed by atoms with van der Waals surface area (Å²) >= 11 is 5.39. The van der Waals surface area contributed by atoms with E-state index in [1.165, 1.54) is 23.3 Å². The number of thiocarbonyl (C=S) groups is 1. The van der Waals surface area contributed by atoms with Crippen LogP contribution in [0.5, 0.6) is 5.75 Å². The molecule has 0 radical (unpaired) electrons. The lowest BCUT2D eigenvalue weighted by molar-refractivity contribution is 0.285. The normalized spacial score (nSPS) is 10.3. The minimum absolute atomic E-state index is 0.270. The zero-order valence-electron chi connectivity index (χ0n) is 13.6. The fourth-order valence-electron chi connectivity index (χ4n) is 1.97. The molecular formula is C18H21FN2OS. The molecule has 0 atom stereocenters. The first-order chi connectivity index (χ1) is 11.0. The maximum absolute atomic E-state index is 12.8. The van der Waals surface area contributed by atoms with E-state index in [1.54, 1.807) is 12.1 Å². The number of hydrogen-bond donors (Lipinski definition) is 1. The van der Waals surface area contributed by atoms with Gasteiger partial charge < -0.3 is 15.0 Å². The van der Waals surface area contributed by atoms with Crippen LogP contribution >= 0.6 is 12.2 Å². The van der Waals surface area contributed by atoms with Crippen LogP contribution in [0.25, 0.3) is 0 Å². The molecule has 0 unspecified atom stereocenters. The number of likely N-dealkylation sites (N-methyl/N-ethyl adjacent to an activating group) is 1. The summed E-state index contributed by atoms with van der Waals surface area (Å²) in [5.41, 5.74) is 3.45. The van der Waals surface area contributed by atoms with Gasteiger partial charge in [0.1, 0.15) is 18.2 Å². The van der Waals surface area contributed by atoms with Gasteiger partial charge in [0, 0.05) is 12.7 Å². The van der Waals surface area contributed by atoms with Crippen molar-refractivity contribution in [1.29, 1.82) is 0 Å². The summed E-state index contributed by atoms with van der Waals surface area (Å²) in [5, 5.41) is 3.85. The monoisotopic (exact) mass is 332 g/mol. The number of anilines is 1. The van der Waals surface area contributed by atoms with Crippen molar-refractivity contribution in [3.63, 3.8) is 0 Å². The summed E-state index contributed by atoms with van der Waals surface area (Å²) in [6.45, 7) is 5.26. The second-order valence-electron chi connectivity index (χ2n) is 5.45. The first kappa shape index (κ1) is 17.2. The molecule has 0 fully saturated rings. The van der Waals surface area contributed by atoms with Crippen molar-refractivity contribution >= 4 is 23.0 Å². The zero-order chi connectivity index (χ0) is 16.8. The molecule has 0 saturated heterocycles. The van der Waals surface area contributed by atoms with Crippen LogP contribution in [0.3, 0.4) is 0 Å². The molecule has 23 heavy (non-hydrogen) atoms.